The van der Waals surface area contributed by atoms with Crippen molar-refractivity contribution in [2.75, 3.05) is 45.9 Å². The largest absolute Gasteiger partial charge is 0.488 e. The zero-order chi connectivity index (χ0) is 21.3. The molecular weight excluding hydrogens is 368 g/mol. The molecule has 1 atom stereocenters. The molecule has 0 saturated carbocycles. The van der Waals surface area contributed by atoms with E-state index in [-0.39, 0.29) is 5.60 Å². The average Bonchev–Trinajstić information content (AvgIpc) is 2.64. The first-order valence-corrected chi connectivity index (χ1v) is 10.5. The molecule has 1 aromatic rings. The Kier molecular flexibility index (Phi) is 8.74. The van der Waals surface area contributed by atoms with Crippen LogP contribution in [-0.2, 0) is 11.3 Å². The quantitative estimate of drug-likeness (QED) is 0.453. The van der Waals surface area contributed by atoms with Gasteiger partial charge in [0, 0.05) is 38.3 Å². The van der Waals surface area contributed by atoms with E-state index in [1.165, 1.54) is 0 Å². The van der Waals surface area contributed by atoms with Gasteiger partial charge in [0.2, 0.25) is 0 Å². The fourth-order valence-corrected chi connectivity index (χ4v) is 3.14. The zero-order valence-corrected chi connectivity index (χ0v) is 18.6. The highest BCUT2D eigenvalue weighted by Gasteiger charge is 2.25. The monoisotopic (exact) mass is 406 g/mol. The second kappa shape index (κ2) is 10.8. The summed E-state index contributed by atoms with van der Waals surface area (Å²) in [5.74, 6) is 1.53. The maximum Gasteiger partial charge on any atom is 0.191 e. The molecule has 1 saturated heterocycles. The fourth-order valence-electron chi connectivity index (χ4n) is 3.14. The third kappa shape index (κ3) is 9.02. The van der Waals surface area contributed by atoms with E-state index < -0.39 is 5.60 Å². The molecular formula is C22H38N4O3. The Balaban J connectivity index is 1.97. The maximum absolute atomic E-state index is 10.8. The summed E-state index contributed by atoms with van der Waals surface area (Å²) in [7, 11) is 0. The zero-order valence-electron chi connectivity index (χ0n) is 18.6. The van der Waals surface area contributed by atoms with Crippen molar-refractivity contribution in [1.82, 2.24) is 15.5 Å². The van der Waals surface area contributed by atoms with Crippen LogP contribution in [0.2, 0.25) is 0 Å². The van der Waals surface area contributed by atoms with Gasteiger partial charge in [-0.3, -0.25) is 4.90 Å². The summed E-state index contributed by atoms with van der Waals surface area (Å²) in [6.07, 6.45) is 0. The number of para-hydroxylation sites is 1. The van der Waals surface area contributed by atoms with Gasteiger partial charge < -0.3 is 25.2 Å². The SMILES string of the molecule is CCNC(=NCc1ccccc1OC(C)(C)C)NCC(C)(O)CN1CCOCC1. The van der Waals surface area contributed by atoms with Gasteiger partial charge in [0.05, 0.1) is 25.4 Å². The van der Waals surface area contributed by atoms with Crippen LogP contribution in [0.4, 0.5) is 0 Å². The molecule has 0 aliphatic carbocycles. The van der Waals surface area contributed by atoms with E-state index >= 15 is 0 Å². The molecule has 1 fully saturated rings. The van der Waals surface area contributed by atoms with E-state index in [4.69, 9.17) is 14.5 Å². The van der Waals surface area contributed by atoms with Gasteiger partial charge in [-0.25, -0.2) is 4.99 Å². The Morgan fingerprint density at radius 1 is 1.17 bits per heavy atom. The first-order chi connectivity index (χ1) is 13.7. The molecule has 1 aromatic carbocycles. The Morgan fingerprint density at radius 2 is 1.86 bits per heavy atom. The minimum atomic E-state index is -0.860. The van der Waals surface area contributed by atoms with Gasteiger partial charge in [-0.1, -0.05) is 18.2 Å². The summed E-state index contributed by atoms with van der Waals surface area (Å²) in [4.78, 5) is 6.93. The Labute approximate surface area is 175 Å². The molecule has 1 unspecified atom stereocenters. The third-order valence-corrected chi connectivity index (χ3v) is 4.45. The van der Waals surface area contributed by atoms with Gasteiger partial charge in [0.15, 0.2) is 5.96 Å². The lowest BCUT2D eigenvalue weighted by Crippen LogP contribution is -2.52. The molecule has 2 rings (SSSR count). The number of guanidine groups is 1. The average molecular weight is 407 g/mol. The highest BCUT2D eigenvalue weighted by molar-refractivity contribution is 5.79. The van der Waals surface area contributed by atoms with Crippen LogP contribution in [0, 0.1) is 0 Å². The van der Waals surface area contributed by atoms with Crippen LogP contribution in [0.1, 0.15) is 40.2 Å². The van der Waals surface area contributed by atoms with Crippen LogP contribution in [-0.4, -0.2) is 73.1 Å². The lowest BCUT2D eigenvalue weighted by Gasteiger charge is -2.34. The van der Waals surface area contributed by atoms with E-state index in [0.29, 0.717) is 25.6 Å². The molecule has 0 spiro atoms. The van der Waals surface area contributed by atoms with Gasteiger partial charge in [-0.15, -0.1) is 0 Å². The fraction of sp³-hybridized carbons (Fsp3) is 0.682. The minimum Gasteiger partial charge on any atom is -0.488 e. The van der Waals surface area contributed by atoms with E-state index in [9.17, 15) is 5.11 Å². The predicted octanol–water partition coefficient (Wildman–Crippen LogP) is 2.00. The number of aliphatic imine (C=N–C) groups is 1. The predicted molar refractivity (Wildman–Crippen MR) is 118 cm³/mol. The molecule has 0 radical (unpaired) electrons. The second-order valence-electron chi connectivity index (χ2n) is 8.76. The summed E-state index contributed by atoms with van der Waals surface area (Å²) >= 11 is 0. The van der Waals surface area contributed by atoms with Crippen molar-refractivity contribution in [2.24, 2.45) is 4.99 Å². The van der Waals surface area contributed by atoms with Crippen molar-refractivity contribution in [3.05, 3.63) is 29.8 Å². The molecule has 0 aromatic heterocycles. The molecule has 1 aliphatic heterocycles. The second-order valence-corrected chi connectivity index (χ2v) is 8.76. The standard InChI is InChI=1S/C22H38N4O3/c1-6-23-20(25-16-22(5,27)17-26-11-13-28-14-12-26)24-15-18-9-7-8-10-19(18)29-21(2,3)4/h7-10,27H,6,11-17H2,1-5H3,(H2,23,24,25). The summed E-state index contributed by atoms with van der Waals surface area (Å²) in [6, 6.07) is 7.97. The lowest BCUT2D eigenvalue weighted by atomic mass is 10.1. The van der Waals surface area contributed by atoms with Crippen LogP contribution < -0.4 is 15.4 Å². The highest BCUT2D eigenvalue weighted by atomic mass is 16.5. The number of morpholine rings is 1. The number of nitrogens with one attached hydrogen (secondary N) is 2. The minimum absolute atomic E-state index is 0.263. The Hall–Kier alpha value is -1.83. The third-order valence-electron chi connectivity index (χ3n) is 4.45. The number of benzene rings is 1. The van der Waals surface area contributed by atoms with Crippen molar-refractivity contribution < 1.29 is 14.6 Å². The first kappa shape index (κ1) is 23.4. The number of β-amino-alcohol motifs (C(OH)–C–C–N with tert-alkyl or cyclic N) is 1. The van der Waals surface area contributed by atoms with Gasteiger partial charge in [0.1, 0.15) is 11.4 Å². The van der Waals surface area contributed by atoms with Crippen molar-refractivity contribution in [2.45, 2.75) is 52.4 Å². The molecule has 3 N–H and O–H groups in total. The van der Waals surface area contributed by atoms with Gasteiger partial charge >= 0.3 is 0 Å². The number of rotatable bonds is 8. The van der Waals surface area contributed by atoms with Crippen molar-refractivity contribution in [1.29, 1.82) is 0 Å². The van der Waals surface area contributed by atoms with Crippen LogP contribution in [0.25, 0.3) is 0 Å². The molecule has 0 amide bonds. The Morgan fingerprint density at radius 3 is 2.52 bits per heavy atom. The van der Waals surface area contributed by atoms with Gasteiger partial charge in [-0.05, 0) is 40.7 Å². The normalized spacial score (nSPS) is 18.2. The molecule has 0 bridgehead atoms. The molecule has 7 heteroatoms. The van der Waals surface area contributed by atoms with Crippen LogP contribution in [0.3, 0.4) is 0 Å². The van der Waals surface area contributed by atoms with E-state index in [0.717, 1.165) is 44.2 Å². The first-order valence-electron chi connectivity index (χ1n) is 10.5. The lowest BCUT2D eigenvalue weighted by molar-refractivity contribution is -0.0201. The topological polar surface area (TPSA) is 78.4 Å². The summed E-state index contributed by atoms with van der Waals surface area (Å²) < 4.78 is 11.4. The Bertz CT molecular complexity index is 650. The maximum atomic E-state index is 10.8. The summed E-state index contributed by atoms with van der Waals surface area (Å²) in [5.41, 5.74) is -0.0960. The number of hydrogen-bond donors (Lipinski definition) is 3. The van der Waals surface area contributed by atoms with Gasteiger partial charge in [-0.2, -0.15) is 0 Å². The van der Waals surface area contributed by atoms with Crippen LogP contribution in [0.15, 0.2) is 29.3 Å². The van der Waals surface area contributed by atoms with Crippen molar-refractivity contribution in [3.8, 4) is 5.75 Å². The van der Waals surface area contributed by atoms with Gasteiger partial charge in [0.25, 0.3) is 0 Å². The summed E-state index contributed by atoms with van der Waals surface area (Å²) in [5, 5.41) is 17.3. The smallest absolute Gasteiger partial charge is 0.191 e. The van der Waals surface area contributed by atoms with Crippen LogP contribution in [0.5, 0.6) is 5.75 Å². The molecule has 29 heavy (non-hydrogen) atoms. The molecule has 164 valence electrons. The van der Waals surface area contributed by atoms with E-state index in [2.05, 4.69) is 15.5 Å². The number of ether oxygens (including phenoxy) is 2. The van der Waals surface area contributed by atoms with E-state index in [1.807, 2.05) is 58.9 Å². The number of aliphatic hydroxyl groups is 1. The highest BCUT2D eigenvalue weighted by Crippen LogP contribution is 2.23. The van der Waals surface area contributed by atoms with Crippen molar-refractivity contribution in [3.63, 3.8) is 0 Å². The summed E-state index contributed by atoms with van der Waals surface area (Å²) in [6.45, 7) is 15.4. The molecule has 7 nitrogen and oxygen atoms in total. The van der Waals surface area contributed by atoms with Crippen molar-refractivity contribution >= 4 is 5.96 Å². The number of nitrogens with zero attached hydrogens (tertiary/aromatic N) is 2. The molecule has 1 aliphatic rings. The number of hydrogen-bond acceptors (Lipinski definition) is 5. The van der Waals surface area contributed by atoms with E-state index in [1.54, 1.807) is 0 Å². The van der Waals surface area contributed by atoms with Crippen LogP contribution >= 0.6 is 0 Å². The molecule has 1 heterocycles.